The fourth-order valence-corrected chi connectivity index (χ4v) is 2.48. The molecular weight excluding hydrogens is 242 g/mol. The van der Waals surface area contributed by atoms with Gasteiger partial charge in [-0.15, -0.1) is 0 Å². The minimum atomic E-state index is 0.118. The number of aromatic nitrogens is 1. The standard InChI is InChI=1S/C14H17N3O2/c1-10-9-17(7-6-15-10)14(18)8-12-11-4-2-3-5-13(11)19-16-12/h2-5,10,15H,6-9H2,1H3/t10-/m1/s1. The Bertz CT molecular complexity index is 593. The highest BCUT2D eigenvalue weighted by Crippen LogP contribution is 2.18. The van der Waals surface area contributed by atoms with Gasteiger partial charge in [-0.1, -0.05) is 17.3 Å². The van der Waals surface area contributed by atoms with E-state index >= 15 is 0 Å². The van der Waals surface area contributed by atoms with Crippen molar-refractivity contribution in [3.05, 3.63) is 30.0 Å². The average molecular weight is 259 g/mol. The summed E-state index contributed by atoms with van der Waals surface area (Å²) >= 11 is 0. The average Bonchev–Trinajstić information content (AvgIpc) is 2.82. The third-order valence-corrected chi connectivity index (χ3v) is 3.49. The van der Waals surface area contributed by atoms with E-state index in [0.29, 0.717) is 12.5 Å². The molecule has 0 aliphatic carbocycles. The predicted molar refractivity (Wildman–Crippen MR) is 71.8 cm³/mol. The molecule has 0 bridgehead atoms. The largest absolute Gasteiger partial charge is 0.356 e. The molecule has 5 nitrogen and oxygen atoms in total. The van der Waals surface area contributed by atoms with Crippen LogP contribution in [0.4, 0.5) is 0 Å². The Morgan fingerprint density at radius 2 is 2.37 bits per heavy atom. The third-order valence-electron chi connectivity index (χ3n) is 3.49. The maximum atomic E-state index is 12.3. The molecule has 19 heavy (non-hydrogen) atoms. The van der Waals surface area contributed by atoms with Gasteiger partial charge in [0.1, 0.15) is 5.69 Å². The van der Waals surface area contributed by atoms with Crippen molar-refractivity contribution in [1.29, 1.82) is 0 Å². The number of piperazine rings is 1. The zero-order chi connectivity index (χ0) is 13.2. The molecule has 1 aliphatic rings. The van der Waals surface area contributed by atoms with Gasteiger partial charge in [-0.2, -0.15) is 0 Å². The zero-order valence-corrected chi connectivity index (χ0v) is 10.9. The summed E-state index contributed by atoms with van der Waals surface area (Å²) < 4.78 is 5.23. The molecule has 1 N–H and O–H groups in total. The van der Waals surface area contributed by atoms with Crippen LogP contribution in [0.5, 0.6) is 0 Å². The van der Waals surface area contributed by atoms with Gasteiger partial charge in [0.25, 0.3) is 0 Å². The number of nitrogens with one attached hydrogen (secondary N) is 1. The summed E-state index contributed by atoms with van der Waals surface area (Å²) in [7, 11) is 0. The van der Waals surface area contributed by atoms with E-state index < -0.39 is 0 Å². The Morgan fingerprint density at radius 3 is 3.21 bits per heavy atom. The SMILES string of the molecule is C[C@@H]1CN(C(=O)Cc2noc3ccccc23)CCN1. The first kappa shape index (κ1) is 12.2. The quantitative estimate of drug-likeness (QED) is 0.880. The van der Waals surface area contributed by atoms with Gasteiger partial charge in [0.2, 0.25) is 5.91 Å². The van der Waals surface area contributed by atoms with Gasteiger partial charge >= 0.3 is 0 Å². The summed E-state index contributed by atoms with van der Waals surface area (Å²) in [5, 5.41) is 8.27. The Labute approximate surface area is 111 Å². The highest BCUT2D eigenvalue weighted by Gasteiger charge is 2.22. The van der Waals surface area contributed by atoms with Crippen molar-refractivity contribution in [2.75, 3.05) is 19.6 Å². The number of amides is 1. The van der Waals surface area contributed by atoms with Crippen molar-refractivity contribution in [2.45, 2.75) is 19.4 Å². The van der Waals surface area contributed by atoms with Crippen molar-refractivity contribution >= 4 is 16.9 Å². The van der Waals surface area contributed by atoms with Gasteiger partial charge < -0.3 is 14.7 Å². The molecule has 1 amide bonds. The van der Waals surface area contributed by atoms with Crippen molar-refractivity contribution in [3.63, 3.8) is 0 Å². The fraction of sp³-hybridized carbons (Fsp3) is 0.429. The Kier molecular flexibility index (Phi) is 3.21. The van der Waals surface area contributed by atoms with E-state index in [1.807, 2.05) is 29.2 Å². The first-order valence-electron chi connectivity index (χ1n) is 6.58. The number of benzene rings is 1. The molecule has 1 fully saturated rings. The molecule has 1 saturated heterocycles. The molecule has 0 unspecified atom stereocenters. The molecule has 1 aliphatic heterocycles. The lowest BCUT2D eigenvalue weighted by atomic mass is 10.1. The van der Waals surface area contributed by atoms with Gasteiger partial charge in [-0.05, 0) is 19.1 Å². The minimum absolute atomic E-state index is 0.118. The van der Waals surface area contributed by atoms with Crippen LogP contribution < -0.4 is 5.32 Å². The molecule has 0 saturated carbocycles. The number of nitrogens with zero attached hydrogens (tertiary/aromatic N) is 2. The number of hydrogen-bond acceptors (Lipinski definition) is 4. The Hall–Kier alpha value is -1.88. The highest BCUT2D eigenvalue weighted by atomic mass is 16.5. The van der Waals surface area contributed by atoms with E-state index in [9.17, 15) is 4.79 Å². The second-order valence-electron chi connectivity index (χ2n) is 5.00. The number of rotatable bonds is 2. The molecule has 100 valence electrons. The third kappa shape index (κ3) is 2.46. The van der Waals surface area contributed by atoms with E-state index in [1.54, 1.807) is 0 Å². The molecule has 1 aromatic heterocycles. The van der Waals surface area contributed by atoms with Crippen LogP contribution >= 0.6 is 0 Å². The summed E-state index contributed by atoms with van der Waals surface area (Å²) in [4.78, 5) is 14.2. The second-order valence-corrected chi connectivity index (χ2v) is 5.00. The zero-order valence-electron chi connectivity index (χ0n) is 10.9. The second kappa shape index (κ2) is 5.01. The predicted octanol–water partition coefficient (Wildman–Crippen LogP) is 1.19. The summed E-state index contributed by atoms with van der Waals surface area (Å²) in [6.07, 6.45) is 0.309. The van der Waals surface area contributed by atoms with Crippen LogP contribution in [0.2, 0.25) is 0 Å². The van der Waals surface area contributed by atoms with Crippen molar-refractivity contribution < 1.29 is 9.32 Å². The maximum Gasteiger partial charge on any atom is 0.228 e. The normalized spacial score (nSPS) is 19.8. The minimum Gasteiger partial charge on any atom is -0.356 e. The molecule has 0 spiro atoms. The van der Waals surface area contributed by atoms with E-state index in [0.717, 1.165) is 36.3 Å². The molecule has 1 aromatic carbocycles. The van der Waals surface area contributed by atoms with Crippen LogP contribution in [-0.2, 0) is 11.2 Å². The number of hydrogen-bond donors (Lipinski definition) is 1. The van der Waals surface area contributed by atoms with Gasteiger partial charge in [0.15, 0.2) is 5.58 Å². The van der Waals surface area contributed by atoms with Crippen LogP contribution in [0.3, 0.4) is 0 Å². The molecule has 0 radical (unpaired) electrons. The molecule has 3 rings (SSSR count). The summed E-state index contributed by atoms with van der Waals surface area (Å²) in [5.41, 5.74) is 1.46. The van der Waals surface area contributed by atoms with Gasteiger partial charge in [0.05, 0.1) is 6.42 Å². The van der Waals surface area contributed by atoms with Crippen LogP contribution in [0.15, 0.2) is 28.8 Å². The Morgan fingerprint density at radius 1 is 1.53 bits per heavy atom. The monoisotopic (exact) mass is 259 g/mol. The highest BCUT2D eigenvalue weighted by molar-refractivity contribution is 5.86. The molecule has 1 atom stereocenters. The number of carbonyl (C=O) groups excluding carboxylic acids is 1. The lowest BCUT2D eigenvalue weighted by Crippen LogP contribution is -2.51. The number of carbonyl (C=O) groups is 1. The first-order chi connectivity index (χ1) is 9.24. The van der Waals surface area contributed by atoms with Gasteiger partial charge in [0, 0.05) is 31.1 Å². The smallest absolute Gasteiger partial charge is 0.228 e. The first-order valence-corrected chi connectivity index (χ1v) is 6.58. The van der Waals surface area contributed by atoms with Crippen molar-refractivity contribution in [2.24, 2.45) is 0 Å². The van der Waals surface area contributed by atoms with E-state index in [1.165, 1.54) is 0 Å². The molecule has 2 heterocycles. The lowest BCUT2D eigenvalue weighted by Gasteiger charge is -2.31. The topological polar surface area (TPSA) is 58.4 Å². The van der Waals surface area contributed by atoms with E-state index in [4.69, 9.17) is 4.52 Å². The van der Waals surface area contributed by atoms with Gasteiger partial charge in [-0.25, -0.2) is 0 Å². The summed E-state index contributed by atoms with van der Waals surface area (Å²) in [5.74, 6) is 0.118. The van der Waals surface area contributed by atoms with E-state index in [2.05, 4.69) is 17.4 Å². The number of para-hydroxylation sites is 1. The van der Waals surface area contributed by atoms with Gasteiger partial charge in [-0.3, -0.25) is 4.79 Å². The fourth-order valence-electron chi connectivity index (χ4n) is 2.48. The van der Waals surface area contributed by atoms with Crippen molar-refractivity contribution in [1.82, 2.24) is 15.4 Å². The van der Waals surface area contributed by atoms with Crippen molar-refractivity contribution in [3.8, 4) is 0 Å². The summed E-state index contributed by atoms with van der Waals surface area (Å²) in [6, 6.07) is 7.99. The van der Waals surface area contributed by atoms with Crippen LogP contribution in [0, 0.1) is 0 Å². The summed E-state index contributed by atoms with van der Waals surface area (Å²) in [6.45, 7) is 4.46. The molecular formula is C14H17N3O2. The molecule has 5 heteroatoms. The van der Waals surface area contributed by atoms with Crippen LogP contribution in [-0.4, -0.2) is 41.6 Å². The Balaban J connectivity index is 1.75. The lowest BCUT2D eigenvalue weighted by molar-refractivity contribution is -0.131. The van der Waals surface area contributed by atoms with E-state index in [-0.39, 0.29) is 5.91 Å². The van der Waals surface area contributed by atoms with Crippen LogP contribution in [0.25, 0.3) is 11.0 Å². The maximum absolute atomic E-state index is 12.3. The molecule has 2 aromatic rings. The van der Waals surface area contributed by atoms with Crippen LogP contribution in [0.1, 0.15) is 12.6 Å². The number of fused-ring (bicyclic) bond motifs is 1.